The Morgan fingerprint density at radius 2 is 1.72 bits per heavy atom. The number of nitrogens with zero attached hydrogens (tertiary/aromatic N) is 1. The van der Waals surface area contributed by atoms with E-state index in [9.17, 15) is 4.79 Å². The predicted molar refractivity (Wildman–Crippen MR) is 66.9 cm³/mol. The first-order chi connectivity index (χ1) is 8.68. The molecule has 0 aromatic rings. The first-order valence-corrected chi connectivity index (χ1v) is 7.37. The smallest absolute Gasteiger partial charge is 0.410 e. The molecule has 1 atom stereocenters. The summed E-state index contributed by atoms with van der Waals surface area (Å²) < 4.78 is 5.37. The van der Waals surface area contributed by atoms with Crippen LogP contribution in [0.15, 0.2) is 0 Å². The van der Waals surface area contributed by atoms with E-state index in [2.05, 4.69) is 4.90 Å². The zero-order valence-electron chi connectivity index (χ0n) is 10.8. The summed E-state index contributed by atoms with van der Waals surface area (Å²) in [6.07, 6.45) is 7.67. The normalized spacial score (nSPS) is 49.8. The topological polar surface area (TPSA) is 55.6 Å². The lowest BCUT2D eigenvalue weighted by Crippen LogP contribution is -2.60. The van der Waals surface area contributed by atoms with E-state index in [0.717, 1.165) is 24.3 Å². The van der Waals surface area contributed by atoms with Gasteiger partial charge in [0.1, 0.15) is 6.10 Å². The molecule has 4 heteroatoms. The van der Waals surface area contributed by atoms with Crippen molar-refractivity contribution in [1.82, 2.24) is 4.90 Å². The molecule has 0 spiro atoms. The molecule has 1 heterocycles. The van der Waals surface area contributed by atoms with Crippen LogP contribution < -0.4 is 5.73 Å². The third-order valence-electron chi connectivity index (χ3n) is 5.72. The molecule has 4 nitrogen and oxygen atoms in total. The first-order valence-electron chi connectivity index (χ1n) is 7.37. The van der Waals surface area contributed by atoms with Crippen LogP contribution in [0.3, 0.4) is 0 Å². The summed E-state index contributed by atoms with van der Waals surface area (Å²) in [4.78, 5) is 14.2. The number of amides is 1. The molecular weight excluding hydrogens is 228 g/mol. The molecule has 0 aromatic carbocycles. The number of carbonyl (C=O) groups excluding carboxylic acids is 1. The van der Waals surface area contributed by atoms with Gasteiger partial charge < -0.3 is 10.5 Å². The molecule has 1 saturated heterocycles. The number of nitrogens with two attached hydrogens (primary N) is 1. The minimum Gasteiger partial charge on any atom is -0.443 e. The highest BCUT2D eigenvalue weighted by molar-refractivity contribution is 5.71. The van der Waals surface area contributed by atoms with Crippen molar-refractivity contribution in [3.05, 3.63) is 0 Å². The maximum absolute atomic E-state index is 12.1. The minimum atomic E-state index is -0.104. The lowest BCUT2D eigenvalue weighted by molar-refractivity contribution is -0.0662. The monoisotopic (exact) mass is 250 g/mol. The molecular formula is C14H22N2O2. The number of ether oxygens (including phenoxy) is 1. The fourth-order valence-electron chi connectivity index (χ4n) is 5.43. The van der Waals surface area contributed by atoms with Crippen molar-refractivity contribution in [1.29, 1.82) is 0 Å². The summed E-state index contributed by atoms with van der Waals surface area (Å²) >= 11 is 0. The standard InChI is InChI=1S/C14H22N2O2/c15-7-12-8-16(13(17)18-12)14-4-9-1-10(5-14)3-11(2-9)6-14/h9-12H,1-8,15H2. The first kappa shape index (κ1) is 11.1. The Morgan fingerprint density at radius 1 is 1.17 bits per heavy atom. The summed E-state index contributed by atoms with van der Waals surface area (Å²) in [5.74, 6) is 2.59. The molecule has 1 aliphatic heterocycles. The van der Waals surface area contributed by atoms with Gasteiger partial charge in [0.05, 0.1) is 6.54 Å². The molecule has 1 amide bonds. The van der Waals surface area contributed by atoms with Crippen molar-refractivity contribution in [3.63, 3.8) is 0 Å². The van der Waals surface area contributed by atoms with Crippen LogP contribution in [0, 0.1) is 17.8 Å². The van der Waals surface area contributed by atoms with Crippen LogP contribution in [0.5, 0.6) is 0 Å². The summed E-state index contributed by atoms with van der Waals surface area (Å²) in [5.41, 5.74) is 5.78. The second-order valence-corrected chi connectivity index (χ2v) is 6.99. The largest absolute Gasteiger partial charge is 0.443 e. The van der Waals surface area contributed by atoms with E-state index in [4.69, 9.17) is 10.5 Å². The van der Waals surface area contributed by atoms with E-state index < -0.39 is 0 Å². The highest BCUT2D eigenvalue weighted by atomic mass is 16.6. The van der Waals surface area contributed by atoms with Crippen LogP contribution in [-0.4, -0.2) is 35.7 Å². The Morgan fingerprint density at radius 3 is 2.17 bits per heavy atom. The zero-order valence-corrected chi connectivity index (χ0v) is 10.8. The SMILES string of the molecule is NCC1CN(C23CC4CC(CC(C4)C2)C3)C(=O)O1. The van der Waals surface area contributed by atoms with Crippen LogP contribution in [0.25, 0.3) is 0 Å². The molecule has 5 fully saturated rings. The second-order valence-electron chi connectivity index (χ2n) is 6.99. The van der Waals surface area contributed by atoms with E-state index in [1.165, 1.54) is 38.5 Å². The summed E-state index contributed by atoms with van der Waals surface area (Å²) in [6.45, 7) is 1.18. The fourth-order valence-corrected chi connectivity index (χ4v) is 5.43. The van der Waals surface area contributed by atoms with E-state index in [0.29, 0.717) is 6.54 Å². The number of hydrogen-bond acceptors (Lipinski definition) is 3. The molecule has 0 aromatic heterocycles. The van der Waals surface area contributed by atoms with E-state index >= 15 is 0 Å². The number of cyclic esters (lactones) is 1. The molecule has 0 radical (unpaired) electrons. The van der Waals surface area contributed by atoms with Gasteiger partial charge >= 0.3 is 6.09 Å². The van der Waals surface area contributed by atoms with Crippen molar-refractivity contribution >= 4 is 6.09 Å². The second kappa shape index (κ2) is 3.62. The van der Waals surface area contributed by atoms with Crippen LogP contribution in [0.2, 0.25) is 0 Å². The van der Waals surface area contributed by atoms with Gasteiger partial charge in [-0.3, -0.25) is 4.90 Å². The van der Waals surface area contributed by atoms with Crippen molar-refractivity contribution in [2.75, 3.05) is 13.1 Å². The van der Waals surface area contributed by atoms with Gasteiger partial charge in [-0.15, -0.1) is 0 Å². The Labute approximate surface area is 108 Å². The third kappa shape index (κ3) is 1.44. The minimum absolute atomic E-state index is 0.0782. The van der Waals surface area contributed by atoms with Gasteiger partial charge in [0, 0.05) is 12.1 Å². The molecule has 100 valence electrons. The van der Waals surface area contributed by atoms with Gasteiger partial charge in [0.15, 0.2) is 0 Å². The quantitative estimate of drug-likeness (QED) is 0.812. The lowest BCUT2D eigenvalue weighted by atomic mass is 9.52. The van der Waals surface area contributed by atoms with Crippen molar-refractivity contribution in [2.45, 2.75) is 50.2 Å². The van der Waals surface area contributed by atoms with Gasteiger partial charge in [-0.2, -0.15) is 0 Å². The maximum atomic E-state index is 12.1. The third-order valence-corrected chi connectivity index (χ3v) is 5.72. The Balaban J connectivity index is 1.62. The van der Waals surface area contributed by atoms with Gasteiger partial charge in [-0.1, -0.05) is 0 Å². The molecule has 4 saturated carbocycles. The summed E-state index contributed by atoms with van der Waals surface area (Å²) in [6, 6.07) is 0. The van der Waals surface area contributed by atoms with Crippen LogP contribution in [0.1, 0.15) is 38.5 Å². The molecule has 5 aliphatic rings. The van der Waals surface area contributed by atoms with Gasteiger partial charge in [0.2, 0.25) is 0 Å². The van der Waals surface area contributed by atoms with Crippen molar-refractivity contribution in [3.8, 4) is 0 Å². The zero-order chi connectivity index (χ0) is 12.3. The average molecular weight is 250 g/mol. The van der Waals surface area contributed by atoms with Gasteiger partial charge in [-0.25, -0.2) is 4.79 Å². The highest BCUT2D eigenvalue weighted by Gasteiger charge is 2.56. The van der Waals surface area contributed by atoms with Crippen LogP contribution in [0.4, 0.5) is 4.79 Å². The number of rotatable bonds is 2. The van der Waals surface area contributed by atoms with E-state index in [1.54, 1.807) is 0 Å². The molecule has 5 rings (SSSR count). The average Bonchev–Trinajstić information content (AvgIpc) is 2.69. The van der Waals surface area contributed by atoms with Crippen molar-refractivity contribution in [2.24, 2.45) is 23.5 Å². The number of carbonyl (C=O) groups is 1. The molecule has 18 heavy (non-hydrogen) atoms. The van der Waals surface area contributed by atoms with Crippen LogP contribution in [-0.2, 0) is 4.74 Å². The molecule has 1 unspecified atom stereocenters. The Bertz CT molecular complexity index is 347. The summed E-state index contributed by atoms with van der Waals surface area (Å²) in [7, 11) is 0. The lowest BCUT2D eigenvalue weighted by Gasteiger charge is -2.59. The maximum Gasteiger partial charge on any atom is 0.410 e. The Kier molecular flexibility index (Phi) is 2.23. The molecule has 2 N–H and O–H groups in total. The highest BCUT2D eigenvalue weighted by Crippen LogP contribution is 2.58. The Hall–Kier alpha value is -0.770. The molecule has 4 aliphatic carbocycles. The van der Waals surface area contributed by atoms with Gasteiger partial charge in [0.25, 0.3) is 0 Å². The van der Waals surface area contributed by atoms with E-state index in [1.807, 2.05) is 0 Å². The van der Waals surface area contributed by atoms with E-state index in [-0.39, 0.29) is 17.7 Å². The summed E-state index contributed by atoms with van der Waals surface area (Å²) in [5, 5.41) is 0. The van der Waals surface area contributed by atoms with Crippen molar-refractivity contribution < 1.29 is 9.53 Å². The fraction of sp³-hybridized carbons (Fsp3) is 0.929. The predicted octanol–water partition coefficient (Wildman–Crippen LogP) is 1.73. The molecule has 4 bridgehead atoms. The van der Waals surface area contributed by atoms with Gasteiger partial charge in [-0.05, 0) is 56.3 Å². The van der Waals surface area contributed by atoms with Crippen LogP contribution >= 0.6 is 0 Å². The number of hydrogen-bond donors (Lipinski definition) is 1.